The number of hydrogen-bond acceptors (Lipinski definition) is 7. The molecule has 0 fully saturated rings. The van der Waals surface area contributed by atoms with Gasteiger partial charge in [-0.2, -0.15) is 0 Å². The summed E-state index contributed by atoms with van der Waals surface area (Å²) < 4.78 is 21.9. The monoisotopic (exact) mass is 392 g/mol. The molecule has 26 heavy (non-hydrogen) atoms. The smallest absolute Gasteiger partial charge is 0.276 e. The van der Waals surface area contributed by atoms with E-state index in [0.29, 0.717) is 45.6 Å². The van der Waals surface area contributed by atoms with Gasteiger partial charge in [-0.3, -0.25) is 0 Å². The van der Waals surface area contributed by atoms with Crippen LogP contribution in [0.25, 0.3) is 11.5 Å². The van der Waals surface area contributed by atoms with Crippen molar-refractivity contribution in [3.05, 3.63) is 47.5 Å². The van der Waals surface area contributed by atoms with Crippen LogP contribution in [0.4, 0.5) is 0 Å². The molecule has 0 aliphatic carbocycles. The standard InChI is InChI=1S/C18H17ClN2O4S/c1-22-14-7-8-15(16(11-14)23-2)17-20-21-18(25-17)26-10-9-24-13-5-3-12(19)4-6-13/h3-8,11H,9-10H2,1-2H3. The molecule has 8 heteroatoms. The Kier molecular flexibility index (Phi) is 6.25. The maximum Gasteiger partial charge on any atom is 0.276 e. The van der Waals surface area contributed by atoms with Crippen molar-refractivity contribution < 1.29 is 18.6 Å². The third-order valence-electron chi connectivity index (χ3n) is 3.44. The lowest BCUT2D eigenvalue weighted by molar-refractivity contribution is 0.343. The normalized spacial score (nSPS) is 10.6. The third-order valence-corrected chi connectivity index (χ3v) is 4.47. The Hall–Kier alpha value is -2.38. The molecule has 0 N–H and O–H groups in total. The van der Waals surface area contributed by atoms with E-state index in [0.717, 1.165) is 5.75 Å². The number of thioether (sulfide) groups is 1. The quantitative estimate of drug-likeness (QED) is 0.410. The molecule has 136 valence electrons. The van der Waals surface area contributed by atoms with Crippen LogP contribution in [0.1, 0.15) is 0 Å². The van der Waals surface area contributed by atoms with Crippen LogP contribution in [0, 0.1) is 0 Å². The molecule has 0 saturated carbocycles. The van der Waals surface area contributed by atoms with E-state index in [9.17, 15) is 0 Å². The molecule has 0 aliphatic rings. The minimum Gasteiger partial charge on any atom is -0.497 e. The predicted molar refractivity (Wildman–Crippen MR) is 101 cm³/mol. The van der Waals surface area contributed by atoms with Crippen molar-refractivity contribution in [3.8, 4) is 28.7 Å². The summed E-state index contributed by atoms with van der Waals surface area (Å²) in [7, 11) is 3.18. The summed E-state index contributed by atoms with van der Waals surface area (Å²) in [6, 6.07) is 12.6. The molecule has 0 atom stereocenters. The Balaban J connectivity index is 1.57. The number of hydrogen-bond donors (Lipinski definition) is 0. The highest BCUT2D eigenvalue weighted by atomic mass is 35.5. The van der Waals surface area contributed by atoms with E-state index < -0.39 is 0 Å². The zero-order valence-electron chi connectivity index (χ0n) is 14.3. The lowest BCUT2D eigenvalue weighted by Gasteiger charge is -2.07. The first-order chi connectivity index (χ1) is 12.7. The van der Waals surface area contributed by atoms with Crippen molar-refractivity contribution in [1.29, 1.82) is 0 Å². The first-order valence-corrected chi connectivity index (χ1v) is 9.13. The molecule has 3 aromatic rings. The van der Waals surface area contributed by atoms with Crippen molar-refractivity contribution in [2.24, 2.45) is 0 Å². The van der Waals surface area contributed by atoms with Crippen molar-refractivity contribution in [2.45, 2.75) is 5.22 Å². The summed E-state index contributed by atoms with van der Waals surface area (Å²) in [5.74, 6) is 3.13. The van der Waals surface area contributed by atoms with Gasteiger partial charge >= 0.3 is 0 Å². The van der Waals surface area contributed by atoms with E-state index in [2.05, 4.69) is 10.2 Å². The van der Waals surface area contributed by atoms with Crippen LogP contribution in [-0.4, -0.2) is 36.8 Å². The number of halogens is 1. The third kappa shape index (κ3) is 4.62. The fourth-order valence-corrected chi connectivity index (χ4v) is 2.88. The van der Waals surface area contributed by atoms with Crippen molar-refractivity contribution in [3.63, 3.8) is 0 Å². The van der Waals surface area contributed by atoms with Crippen LogP contribution in [0.3, 0.4) is 0 Å². The van der Waals surface area contributed by atoms with Gasteiger partial charge in [0.2, 0.25) is 0 Å². The van der Waals surface area contributed by atoms with E-state index in [-0.39, 0.29) is 0 Å². The van der Waals surface area contributed by atoms with Gasteiger partial charge in [0.15, 0.2) is 0 Å². The largest absolute Gasteiger partial charge is 0.497 e. The minimum absolute atomic E-state index is 0.394. The highest BCUT2D eigenvalue weighted by Crippen LogP contribution is 2.33. The maximum atomic E-state index is 5.84. The molecule has 3 rings (SSSR count). The molecule has 6 nitrogen and oxygen atoms in total. The number of nitrogens with zero attached hydrogens (tertiary/aromatic N) is 2. The molecule has 0 bridgehead atoms. The van der Waals surface area contributed by atoms with E-state index >= 15 is 0 Å². The van der Waals surface area contributed by atoms with Gasteiger partial charge in [0, 0.05) is 16.8 Å². The summed E-state index contributed by atoms with van der Waals surface area (Å²) in [6.45, 7) is 0.510. The average Bonchev–Trinajstić information content (AvgIpc) is 3.14. The molecule has 0 aliphatic heterocycles. The van der Waals surface area contributed by atoms with Crippen molar-refractivity contribution >= 4 is 23.4 Å². The molecule has 0 radical (unpaired) electrons. The molecular weight excluding hydrogens is 376 g/mol. The molecule has 2 aromatic carbocycles. The zero-order chi connectivity index (χ0) is 18.4. The second kappa shape index (κ2) is 8.82. The number of rotatable bonds is 8. The van der Waals surface area contributed by atoms with E-state index in [1.807, 2.05) is 24.3 Å². The van der Waals surface area contributed by atoms with Crippen LogP contribution < -0.4 is 14.2 Å². The molecule has 0 spiro atoms. The van der Waals surface area contributed by atoms with Gasteiger partial charge in [0.1, 0.15) is 17.2 Å². The fourth-order valence-electron chi connectivity index (χ4n) is 2.17. The summed E-state index contributed by atoms with van der Waals surface area (Å²) >= 11 is 7.26. The Morgan fingerprint density at radius 2 is 1.77 bits per heavy atom. The van der Waals surface area contributed by atoms with Crippen LogP contribution in [0.5, 0.6) is 17.2 Å². The van der Waals surface area contributed by atoms with Gasteiger partial charge in [0.25, 0.3) is 11.1 Å². The summed E-state index contributed by atoms with van der Waals surface area (Å²) in [5.41, 5.74) is 0.713. The predicted octanol–water partition coefficient (Wildman–Crippen LogP) is 4.58. The molecule has 0 amide bonds. The number of ether oxygens (including phenoxy) is 3. The Morgan fingerprint density at radius 1 is 1.00 bits per heavy atom. The van der Waals surface area contributed by atoms with E-state index in [1.165, 1.54) is 11.8 Å². The second-order valence-electron chi connectivity index (χ2n) is 5.09. The van der Waals surface area contributed by atoms with Crippen LogP contribution in [0.15, 0.2) is 52.1 Å². The van der Waals surface area contributed by atoms with Crippen molar-refractivity contribution in [2.75, 3.05) is 26.6 Å². The van der Waals surface area contributed by atoms with Gasteiger partial charge in [-0.15, -0.1) is 10.2 Å². The first kappa shape index (κ1) is 18.4. The van der Waals surface area contributed by atoms with E-state index in [4.69, 9.17) is 30.2 Å². The number of benzene rings is 2. The molecule has 1 heterocycles. The summed E-state index contributed by atoms with van der Waals surface area (Å²) in [6.07, 6.45) is 0. The molecule has 0 saturated heterocycles. The van der Waals surface area contributed by atoms with E-state index in [1.54, 1.807) is 32.4 Å². The highest BCUT2D eigenvalue weighted by molar-refractivity contribution is 7.99. The zero-order valence-corrected chi connectivity index (χ0v) is 15.8. The fraction of sp³-hybridized carbons (Fsp3) is 0.222. The SMILES string of the molecule is COc1ccc(-c2nnc(SCCOc3ccc(Cl)cc3)o2)c(OC)c1. The Morgan fingerprint density at radius 3 is 2.50 bits per heavy atom. The lowest BCUT2D eigenvalue weighted by Crippen LogP contribution is -1.99. The average molecular weight is 393 g/mol. The van der Waals surface area contributed by atoms with Crippen LogP contribution >= 0.6 is 23.4 Å². The number of aromatic nitrogens is 2. The Bertz CT molecular complexity index is 855. The molecular formula is C18H17ClN2O4S. The van der Waals surface area contributed by atoms with Gasteiger partial charge in [-0.05, 0) is 36.4 Å². The van der Waals surface area contributed by atoms with Crippen molar-refractivity contribution in [1.82, 2.24) is 10.2 Å². The maximum absolute atomic E-state index is 5.84. The minimum atomic E-state index is 0.394. The van der Waals surface area contributed by atoms with Gasteiger partial charge < -0.3 is 18.6 Å². The first-order valence-electron chi connectivity index (χ1n) is 7.76. The summed E-state index contributed by atoms with van der Waals surface area (Å²) in [4.78, 5) is 0. The molecule has 1 aromatic heterocycles. The second-order valence-corrected chi connectivity index (χ2v) is 6.57. The summed E-state index contributed by atoms with van der Waals surface area (Å²) in [5, 5.41) is 9.29. The van der Waals surface area contributed by atoms with Gasteiger partial charge in [0.05, 0.1) is 26.4 Å². The highest BCUT2D eigenvalue weighted by Gasteiger charge is 2.14. The van der Waals surface area contributed by atoms with Crippen LogP contribution in [0.2, 0.25) is 5.02 Å². The lowest BCUT2D eigenvalue weighted by atomic mass is 10.2. The topological polar surface area (TPSA) is 66.6 Å². The Labute approximate surface area is 160 Å². The molecule has 0 unspecified atom stereocenters. The van der Waals surface area contributed by atoms with Gasteiger partial charge in [-0.25, -0.2) is 0 Å². The van der Waals surface area contributed by atoms with Crippen LogP contribution in [-0.2, 0) is 0 Å². The number of methoxy groups -OCH3 is 2. The van der Waals surface area contributed by atoms with Gasteiger partial charge in [-0.1, -0.05) is 23.4 Å².